The molecule has 33 nitrogen and oxygen atoms in total. The third-order valence-electron chi connectivity index (χ3n) is 9.83. The van der Waals surface area contributed by atoms with Gasteiger partial charge in [0.05, 0.1) is 72.6 Å². The second kappa shape index (κ2) is 38.4. The van der Waals surface area contributed by atoms with Gasteiger partial charge >= 0.3 is 148 Å². The monoisotopic (exact) mass is 1350 g/mol. The van der Waals surface area contributed by atoms with E-state index in [0.29, 0.717) is 18.1 Å². The summed E-state index contributed by atoms with van der Waals surface area (Å²) in [5.41, 5.74) is 9.68. The number of aromatic nitrogens is 3. The Morgan fingerprint density at radius 1 is 0.560 bits per heavy atom. The average Bonchev–Trinajstić information content (AvgIpc) is 3.61. The van der Waals surface area contributed by atoms with Crippen molar-refractivity contribution in [3.8, 4) is 0 Å². The van der Waals surface area contributed by atoms with Gasteiger partial charge in [0.15, 0.2) is 44.3 Å². The zero-order chi connectivity index (χ0) is 57.4. The first-order chi connectivity index (χ1) is 37.6. The van der Waals surface area contributed by atoms with Crippen molar-refractivity contribution in [2.24, 2.45) is 20.5 Å². The van der Waals surface area contributed by atoms with E-state index in [-0.39, 0.29) is 241 Å². The van der Waals surface area contributed by atoms with E-state index in [2.05, 4.69) is 74.2 Å². The van der Waals surface area contributed by atoms with Gasteiger partial charge < -0.3 is 51.9 Å². The molecule has 0 atom stereocenters. The van der Waals surface area contributed by atoms with E-state index in [0.717, 1.165) is 12.1 Å². The molecule has 0 fully saturated rings. The molecule has 6 N–H and O–H groups in total. The summed E-state index contributed by atoms with van der Waals surface area (Å²) in [7, 11) is -18.4. The van der Waals surface area contributed by atoms with Crippen LogP contribution in [0, 0.1) is 0 Å². The Morgan fingerprint density at radius 3 is 1.67 bits per heavy atom. The number of hydrogen-bond donors (Lipinski definition) is 4. The van der Waals surface area contributed by atoms with E-state index in [4.69, 9.17) is 19.8 Å². The SMILES string of the molecule is CCN(c1cccc(S(=O)(=O)CCOSOO[O-])c1)c1nc(Nc2ccc(S(=O)(=O)CCOSOO[O-])cc2)nc(Nc2ccc(SOO[O-])c(N=Nc3c(N)c(N=Nc4ccccc4S(=O)(=O)[O-])cc(S(=O)(=O)[O-])c3N)c2)n1.[Na+].[Na+].[Na+].[Na+].[Na+]. The van der Waals surface area contributed by atoms with Crippen LogP contribution in [0.2, 0.25) is 0 Å². The van der Waals surface area contributed by atoms with Crippen molar-refractivity contribution in [2.45, 2.75) is 31.4 Å². The number of nitrogen functional groups attached to an aromatic ring is 2. The van der Waals surface area contributed by atoms with Crippen LogP contribution in [0.4, 0.5) is 69.0 Å². The summed E-state index contributed by atoms with van der Waals surface area (Å²) < 4.78 is 147. The largest absolute Gasteiger partial charge is 1.00 e. The van der Waals surface area contributed by atoms with Gasteiger partial charge in [0.2, 0.25) is 17.8 Å². The Kier molecular flexibility index (Phi) is 36.8. The fourth-order valence-electron chi connectivity index (χ4n) is 6.36. The summed E-state index contributed by atoms with van der Waals surface area (Å²) >= 11 is 0.600. The molecule has 6 aromatic rings. The fraction of sp³-hybridized carbons (Fsp3) is 0.154. The van der Waals surface area contributed by atoms with Crippen LogP contribution in [0.5, 0.6) is 0 Å². The molecule has 0 saturated heterocycles. The normalized spacial score (nSPS) is 11.6. The molecule has 6 rings (SSSR count). The van der Waals surface area contributed by atoms with Gasteiger partial charge in [-0.3, -0.25) is 23.5 Å². The molecule has 1 heterocycles. The molecule has 0 spiro atoms. The van der Waals surface area contributed by atoms with Gasteiger partial charge in [-0.05, 0) is 85.8 Å². The van der Waals surface area contributed by atoms with Crippen molar-refractivity contribution in [3.05, 3.63) is 97.1 Å². The number of benzene rings is 5. The number of nitrogens with zero attached hydrogens (tertiary/aromatic N) is 8. The van der Waals surface area contributed by atoms with Crippen molar-refractivity contribution in [2.75, 3.05) is 58.3 Å². The van der Waals surface area contributed by atoms with Crippen molar-refractivity contribution < 1.29 is 243 Å². The molecule has 0 saturated carbocycles. The summed E-state index contributed by atoms with van der Waals surface area (Å²) in [6.45, 7) is 1.01. The molecule has 1 aromatic heterocycles. The van der Waals surface area contributed by atoms with E-state index in [9.17, 15) is 58.5 Å². The standard InChI is InChI=1S/C39H40N12O21S7.5Na/c1-2-51(25-6-5-7-27(21-25)77(57,58)19-17-66-75-72-69-54)39-45-37(42-23-10-13-26(14-11-23)76(55,56)18-16-65-74-71-68-53)44-38(46-39)43-24-12-15-31(73-70-67-52)29(20-24)48-50-36-34(40)30(22-33(35(36)41)79(62,63)64)49-47-28-8-3-4-9-32(28)78(59,60)61;;;;;/h3-15,20-22,52-54H,2,16-19,40-41H2,1H3,(H,59,60,61)(H,62,63,64)(H2,42,43,44,45,46);;;;;/q;5*+1/p-5. The zero-order valence-electron chi connectivity index (χ0n) is 44.4. The first-order valence-electron chi connectivity index (χ1n) is 21.1. The quantitative estimate of drug-likeness (QED) is 0.00475. The molecule has 0 unspecified atom stereocenters. The second-order valence-electron chi connectivity index (χ2n) is 14.7. The van der Waals surface area contributed by atoms with Gasteiger partial charge in [-0.15, -0.1) is 29.1 Å². The number of hydrogen-bond acceptors (Lipinski definition) is 36. The van der Waals surface area contributed by atoms with Crippen molar-refractivity contribution in [3.63, 3.8) is 0 Å². The first kappa shape index (κ1) is 80.7. The number of nitrogens with one attached hydrogen (secondary N) is 2. The van der Waals surface area contributed by atoms with Gasteiger partial charge in [0.1, 0.15) is 43.0 Å². The molecule has 84 heavy (non-hydrogen) atoms. The summed E-state index contributed by atoms with van der Waals surface area (Å²) in [4.78, 5) is 12.9. The minimum absolute atomic E-state index is 0. The van der Waals surface area contributed by atoms with Gasteiger partial charge in [-0.25, -0.2) is 33.7 Å². The Labute approximate surface area is 602 Å². The van der Waals surface area contributed by atoms with Crippen LogP contribution in [0.15, 0.2) is 142 Å². The predicted octanol–water partition coefficient (Wildman–Crippen LogP) is -11.3. The summed E-state index contributed by atoms with van der Waals surface area (Å²) in [5.74, 6) is -1.55. The van der Waals surface area contributed by atoms with Crippen LogP contribution in [0.3, 0.4) is 0 Å². The van der Waals surface area contributed by atoms with Crippen molar-refractivity contribution in [1.29, 1.82) is 0 Å². The van der Waals surface area contributed by atoms with E-state index < -0.39 is 96.3 Å². The van der Waals surface area contributed by atoms with Crippen LogP contribution in [-0.4, -0.2) is 89.0 Å². The van der Waals surface area contributed by atoms with E-state index in [1.807, 2.05) is 0 Å². The molecule has 0 aliphatic heterocycles. The van der Waals surface area contributed by atoms with Gasteiger partial charge in [0.25, 0.3) is 0 Å². The maximum Gasteiger partial charge on any atom is 1.00 e. The van der Waals surface area contributed by atoms with Crippen LogP contribution in [0.1, 0.15) is 6.92 Å². The molecule has 0 amide bonds. The maximum atomic E-state index is 13.3. The van der Waals surface area contributed by atoms with Gasteiger partial charge in [-0.1, -0.05) is 18.2 Å². The molecule has 0 radical (unpaired) electrons. The smallest absolute Gasteiger partial charge is 0.744 e. The number of rotatable bonds is 30. The number of anilines is 8. The summed E-state index contributed by atoms with van der Waals surface area (Å²) in [5, 5.41) is 62.2. The number of nitrogens with two attached hydrogens (primary N) is 2. The minimum atomic E-state index is -5.42. The molecule has 424 valence electrons. The van der Waals surface area contributed by atoms with Crippen LogP contribution < -0.4 is 191 Å². The predicted molar refractivity (Wildman–Crippen MR) is 268 cm³/mol. The third kappa shape index (κ3) is 23.8. The third-order valence-corrected chi connectivity index (χ3v) is 16.4. The molecular weight excluding hydrogens is 1310 g/mol. The number of azo groups is 2. The molecule has 0 aliphatic carbocycles. The second-order valence-corrected chi connectivity index (χ2v) is 23.4. The maximum absolute atomic E-state index is 13.3. The molecular formula is C39H35N12Na5O21S7. The molecule has 45 heteroatoms. The number of sulfone groups is 2. The van der Waals surface area contributed by atoms with E-state index in [1.54, 1.807) is 13.0 Å². The van der Waals surface area contributed by atoms with Crippen LogP contribution in [0.25, 0.3) is 0 Å². The van der Waals surface area contributed by atoms with Crippen LogP contribution >= 0.6 is 36.7 Å². The Bertz CT molecular complexity index is 3660. The minimum Gasteiger partial charge on any atom is -0.744 e. The summed E-state index contributed by atoms with van der Waals surface area (Å²) in [6, 6.07) is 20.2. The van der Waals surface area contributed by atoms with Gasteiger partial charge in [0, 0.05) is 23.6 Å². The van der Waals surface area contributed by atoms with Crippen molar-refractivity contribution in [1.82, 2.24) is 15.0 Å². The van der Waals surface area contributed by atoms with Gasteiger partial charge in [-0.2, -0.15) is 19.3 Å². The molecule has 0 bridgehead atoms. The Balaban J connectivity index is 0.00000706. The van der Waals surface area contributed by atoms with Crippen LogP contribution in [-0.2, 0) is 76.4 Å². The topological polar surface area (TPSA) is 493 Å². The van der Waals surface area contributed by atoms with E-state index >= 15 is 0 Å². The first-order valence-corrected chi connectivity index (χ1v) is 29.3. The molecule has 0 aliphatic rings. The Morgan fingerprint density at radius 2 is 1.10 bits per heavy atom. The average molecular weight is 1350 g/mol. The Hall–Kier alpha value is -1.36. The zero-order valence-corrected chi connectivity index (χ0v) is 60.2. The molecule has 5 aromatic carbocycles. The van der Waals surface area contributed by atoms with E-state index in [1.165, 1.54) is 77.7 Å². The van der Waals surface area contributed by atoms with Crippen molar-refractivity contribution >= 4 is 146 Å². The fourth-order valence-corrected chi connectivity index (χ4v) is 10.8. The summed E-state index contributed by atoms with van der Waals surface area (Å²) in [6.07, 6.45) is 0.